The number of hydrogen-bond acceptors (Lipinski definition) is 6. The number of aromatic nitrogens is 2. The first-order chi connectivity index (χ1) is 11.7. The molecule has 1 saturated heterocycles. The normalized spacial score (nSPS) is 23.3. The molecule has 6 heteroatoms. The molecule has 2 aliphatic rings. The van der Waals surface area contributed by atoms with Crippen LogP contribution in [0, 0.1) is 5.92 Å². The summed E-state index contributed by atoms with van der Waals surface area (Å²) >= 11 is 0. The smallest absolute Gasteiger partial charge is 0.228 e. The van der Waals surface area contributed by atoms with Crippen molar-refractivity contribution >= 4 is 22.7 Å². The average Bonchev–Trinajstić information content (AvgIpc) is 3.04. The molecule has 2 fully saturated rings. The zero-order chi connectivity index (χ0) is 16.7. The van der Waals surface area contributed by atoms with Crippen molar-refractivity contribution in [3.05, 3.63) is 12.1 Å². The Morgan fingerprint density at radius 1 is 1.04 bits per heavy atom. The average molecular weight is 328 g/mol. The van der Waals surface area contributed by atoms with Gasteiger partial charge < -0.3 is 20.1 Å². The zero-order valence-corrected chi connectivity index (χ0v) is 14.3. The van der Waals surface area contributed by atoms with Crippen LogP contribution >= 0.6 is 0 Å². The van der Waals surface area contributed by atoms with Gasteiger partial charge in [-0.05, 0) is 31.2 Å². The van der Waals surface area contributed by atoms with Gasteiger partial charge in [0.15, 0.2) is 11.5 Å². The number of benzene rings is 1. The van der Waals surface area contributed by atoms with E-state index in [1.54, 1.807) is 14.2 Å². The first kappa shape index (κ1) is 15.3. The Kier molecular flexibility index (Phi) is 3.82. The second-order valence-corrected chi connectivity index (χ2v) is 6.73. The van der Waals surface area contributed by atoms with Gasteiger partial charge in [-0.15, -0.1) is 0 Å². The molecule has 1 aromatic carbocycles. The fraction of sp³-hybridized carbons (Fsp3) is 0.556. The molecule has 6 nitrogen and oxygen atoms in total. The summed E-state index contributed by atoms with van der Waals surface area (Å²) in [6.45, 7) is 1.02. The second-order valence-electron chi connectivity index (χ2n) is 6.73. The van der Waals surface area contributed by atoms with E-state index in [1.165, 1.54) is 32.1 Å². The van der Waals surface area contributed by atoms with Gasteiger partial charge in [-0.1, -0.05) is 12.8 Å². The highest BCUT2D eigenvalue weighted by atomic mass is 16.5. The van der Waals surface area contributed by atoms with E-state index in [0.29, 0.717) is 23.4 Å². The maximum atomic E-state index is 6.23. The molecule has 1 saturated carbocycles. The summed E-state index contributed by atoms with van der Waals surface area (Å²) in [6.07, 6.45) is 6.45. The maximum absolute atomic E-state index is 6.23. The predicted octanol–water partition coefficient (Wildman–Crippen LogP) is 3.00. The summed E-state index contributed by atoms with van der Waals surface area (Å²) in [4.78, 5) is 11.8. The van der Waals surface area contributed by atoms with Crippen LogP contribution in [-0.4, -0.2) is 36.8 Å². The van der Waals surface area contributed by atoms with Crippen LogP contribution in [0.1, 0.15) is 32.1 Å². The summed E-state index contributed by atoms with van der Waals surface area (Å²) in [6, 6.07) is 4.29. The van der Waals surface area contributed by atoms with Gasteiger partial charge in [0.25, 0.3) is 0 Å². The largest absolute Gasteiger partial charge is 0.493 e. The number of nitrogens with zero attached hydrogens (tertiary/aromatic N) is 3. The molecular formula is C18H24N4O2. The summed E-state index contributed by atoms with van der Waals surface area (Å²) < 4.78 is 10.7. The van der Waals surface area contributed by atoms with Crippen LogP contribution < -0.4 is 20.1 Å². The Morgan fingerprint density at radius 2 is 1.79 bits per heavy atom. The number of hydrogen-bond donors (Lipinski definition) is 1. The third-order valence-electron chi connectivity index (χ3n) is 5.49. The molecular weight excluding hydrogens is 304 g/mol. The van der Waals surface area contributed by atoms with E-state index in [4.69, 9.17) is 20.2 Å². The number of nitrogen functional groups attached to an aromatic ring is 1. The molecule has 1 aromatic heterocycles. The van der Waals surface area contributed by atoms with E-state index < -0.39 is 0 Å². The molecule has 0 amide bonds. The van der Waals surface area contributed by atoms with E-state index in [1.807, 2.05) is 12.1 Å². The van der Waals surface area contributed by atoms with Crippen LogP contribution in [0.25, 0.3) is 10.9 Å². The van der Waals surface area contributed by atoms with Gasteiger partial charge in [-0.2, -0.15) is 4.98 Å². The lowest BCUT2D eigenvalue weighted by Gasteiger charge is -2.31. The highest BCUT2D eigenvalue weighted by molar-refractivity contribution is 5.91. The minimum Gasteiger partial charge on any atom is -0.493 e. The third kappa shape index (κ3) is 2.41. The van der Waals surface area contributed by atoms with Crippen molar-refractivity contribution in [2.24, 2.45) is 5.92 Å². The summed E-state index contributed by atoms with van der Waals surface area (Å²) in [5.74, 6) is 3.33. The van der Waals surface area contributed by atoms with Gasteiger partial charge >= 0.3 is 0 Å². The quantitative estimate of drug-likeness (QED) is 0.934. The molecule has 0 bridgehead atoms. The molecule has 2 atom stereocenters. The number of rotatable bonds is 3. The molecule has 2 unspecified atom stereocenters. The monoisotopic (exact) mass is 328 g/mol. The van der Waals surface area contributed by atoms with Crippen LogP contribution in [0.15, 0.2) is 12.1 Å². The summed E-state index contributed by atoms with van der Waals surface area (Å²) in [7, 11) is 3.24. The Bertz CT molecular complexity index is 764. The van der Waals surface area contributed by atoms with E-state index >= 15 is 0 Å². The maximum Gasteiger partial charge on any atom is 0.228 e. The van der Waals surface area contributed by atoms with Crippen molar-refractivity contribution in [2.45, 2.75) is 38.1 Å². The van der Waals surface area contributed by atoms with Crippen LogP contribution in [0.4, 0.5) is 11.8 Å². The van der Waals surface area contributed by atoms with Crippen LogP contribution in [0.3, 0.4) is 0 Å². The lowest BCUT2D eigenvalue weighted by molar-refractivity contribution is 0.341. The SMILES string of the molecule is COc1cc2nc(N3CCC4CCCCC43)nc(N)c2cc1OC. The molecule has 1 aliphatic heterocycles. The number of methoxy groups -OCH3 is 2. The minimum atomic E-state index is 0.496. The Hall–Kier alpha value is -2.24. The minimum absolute atomic E-state index is 0.496. The van der Waals surface area contributed by atoms with E-state index in [-0.39, 0.29) is 0 Å². The van der Waals surface area contributed by atoms with Gasteiger partial charge in [-0.3, -0.25) is 0 Å². The van der Waals surface area contributed by atoms with Crippen LogP contribution in [0.5, 0.6) is 11.5 Å². The molecule has 1 aliphatic carbocycles. The Labute approximate surface area is 142 Å². The standard InChI is InChI=1S/C18H24N4O2/c1-23-15-9-12-13(10-16(15)24-2)20-18(21-17(12)19)22-8-7-11-5-3-4-6-14(11)22/h9-11,14H,3-8H2,1-2H3,(H2,19,20,21). The van der Waals surface area contributed by atoms with E-state index in [2.05, 4.69) is 9.88 Å². The Balaban J connectivity index is 1.77. The second kappa shape index (κ2) is 6.00. The van der Waals surface area contributed by atoms with Crippen molar-refractivity contribution in [1.82, 2.24) is 9.97 Å². The highest BCUT2D eigenvalue weighted by Gasteiger charge is 2.37. The van der Waals surface area contributed by atoms with Crippen molar-refractivity contribution < 1.29 is 9.47 Å². The number of fused-ring (bicyclic) bond motifs is 2. The molecule has 4 rings (SSSR count). The fourth-order valence-corrected chi connectivity index (χ4v) is 4.25. The summed E-state index contributed by atoms with van der Waals surface area (Å²) in [5, 5.41) is 0.802. The summed E-state index contributed by atoms with van der Waals surface area (Å²) in [5.41, 5.74) is 7.03. The molecule has 0 spiro atoms. The first-order valence-corrected chi connectivity index (χ1v) is 8.67. The lowest BCUT2D eigenvalue weighted by Crippen LogP contribution is -2.35. The number of ether oxygens (including phenoxy) is 2. The van der Waals surface area contributed by atoms with Crippen LogP contribution in [0.2, 0.25) is 0 Å². The molecule has 2 heterocycles. The molecule has 24 heavy (non-hydrogen) atoms. The van der Waals surface area contributed by atoms with E-state index in [0.717, 1.165) is 29.3 Å². The number of anilines is 2. The predicted molar refractivity (Wildman–Crippen MR) is 94.8 cm³/mol. The van der Waals surface area contributed by atoms with Crippen molar-refractivity contribution in [2.75, 3.05) is 31.4 Å². The van der Waals surface area contributed by atoms with Gasteiger partial charge in [0.2, 0.25) is 5.95 Å². The first-order valence-electron chi connectivity index (χ1n) is 8.67. The third-order valence-corrected chi connectivity index (χ3v) is 5.49. The fourth-order valence-electron chi connectivity index (χ4n) is 4.25. The van der Waals surface area contributed by atoms with Crippen molar-refractivity contribution in [1.29, 1.82) is 0 Å². The van der Waals surface area contributed by atoms with Gasteiger partial charge in [0, 0.05) is 24.0 Å². The Morgan fingerprint density at radius 3 is 2.58 bits per heavy atom. The van der Waals surface area contributed by atoms with Crippen molar-refractivity contribution in [3.63, 3.8) is 0 Å². The van der Waals surface area contributed by atoms with Gasteiger partial charge in [0.05, 0.1) is 19.7 Å². The van der Waals surface area contributed by atoms with Crippen molar-refractivity contribution in [3.8, 4) is 11.5 Å². The van der Waals surface area contributed by atoms with Crippen LogP contribution in [-0.2, 0) is 0 Å². The lowest BCUT2D eigenvalue weighted by atomic mass is 9.85. The zero-order valence-electron chi connectivity index (χ0n) is 14.3. The molecule has 128 valence electrons. The number of nitrogens with two attached hydrogens (primary N) is 1. The highest BCUT2D eigenvalue weighted by Crippen LogP contribution is 2.39. The molecule has 2 aromatic rings. The van der Waals surface area contributed by atoms with Gasteiger partial charge in [-0.25, -0.2) is 4.98 Å². The van der Waals surface area contributed by atoms with Gasteiger partial charge in [0.1, 0.15) is 5.82 Å². The molecule has 0 radical (unpaired) electrons. The van der Waals surface area contributed by atoms with E-state index in [9.17, 15) is 0 Å². The molecule has 2 N–H and O–H groups in total. The topological polar surface area (TPSA) is 73.5 Å².